The summed E-state index contributed by atoms with van der Waals surface area (Å²) < 4.78 is 7.66. The van der Waals surface area contributed by atoms with E-state index in [4.69, 9.17) is 4.74 Å². The summed E-state index contributed by atoms with van der Waals surface area (Å²) in [7, 11) is 1.83. The smallest absolute Gasteiger partial charge is 0.317 e. The summed E-state index contributed by atoms with van der Waals surface area (Å²) in [6, 6.07) is 12.0. The van der Waals surface area contributed by atoms with E-state index in [2.05, 4.69) is 30.6 Å². The van der Waals surface area contributed by atoms with Crippen LogP contribution in [0.1, 0.15) is 24.4 Å². The van der Waals surface area contributed by atoms with Crippen molar-refractivity contribution in [1.29, 1.82) is 0 Å². The Hall–Kier alpha value is -3.62. The van der Waals surface area contributed by atoms with Gasteiger partial charge in [0.2, 0.25) is 5.82 Å². The maximum Gasteiger partial charge on any atom is 0.317 e. The minimum Gasteiger partial charge on any atom is -0.452 e. The van der Waals surface area contributed by atoms with Crippen LogP contribution in [0, 0.1) is 6.92 Å². The van der Waals surface area contributed by atoms with Gasteiger partial charge in [-0.05, 0) is 48.9 Å². The lowest BCUT2D eigenvalue weighted by atomic mass is 10.2. The molecule has 136 valence electrons. The van der Waals surface area contributed by atoms with Crippen molar-refractivity contribution in [3.05, 3.63) is 60.2 Å². The Morgan fingerprint density at radius 1 is 1.07 bits per heavy atom. The normalized spacial score (nSPS) is 12.1. The molecule has 0 unspecified atom stereocenters. The number of benzene rings is 1. The second kappa shape index (κ2) is 6.94. The van der Waals surface area contributed by atoms with Gasteiger partial charge in [0.1, 0.15) is 0 Å². The van der Waals surface area contributed by atoms with Gasteiger partial charge in [-0.3, -0.25) is 9.55 Å². The molecular weight excluding hydrogens is 344 g/mol. The summed E-state index contributed by atoms with van der Waals surface area (Å²) in [5.41, 5.74) is 2.83. The fraction of sp³-hybridized carbons (Fsp3) is 0.222. The van der Waals surface area contributed by atoms with Crippen molar-refractivity contribution in [2.24, 2.45) is 7.05 Å². The van der Waals surface area contributed by atoms with Crippen molar-refractivity contribution in [1.82, 2.24) is 40.0 Å². The highest BCUT2D eigenvalue weighted by atomic mass is 16.5. The van der Waals surface area contributed by atoms with Gasteiger partial charge in [-0.25, -0.2) is 0 Å². The number of rotatable bonds is 5. The lowest BCUT2D eigenvalue weighted by Crippen LogP contribution is -2.09. The zero-order valence-electron chi connectivity index (χ0n) is 15.2. The van der Waals surface area contributed by atoms with Gasteiger partial charge in [-0.15, -0.1) is 20.1 Å². The lowest BCUT2D eigenvalue weighted by Gasteiger charge is -2.10. The van der Waals surface area contributed by atoms with Crippen LogP contribution in [0.3, 0.4) is 0 Å². The van der Waals surface area contributed by atoms with Crippen molar-refractivity contribution >= 4 is 0 Å². The maximum absolute atomic E-state index is 5.90. The molecule has 0 N–H and O–H groups in total. The second-order valence-electron chi connectivity index (χ2n) is 6.14. The lowest BCUT2D eigenvalue weighted by molar-refractivity contribution is 0.190. The van der Waals surface area contributed by atoms with E-state index in [0.29, 0.717) is 17.7 Å². The topological polar surface area (TPSA) is 96.4 Å². The molecular formula is C18H18N8O. The second-order valence-corrected chi connectivity index (χ2v) is 6.14. The molecule has 9 nitrogen and oxygen atoms in total. The van der Waals surface area contributed by atoms with Gasteiger partial charge in [0.15, 0.2) is 11.9 Å². The standard InChI is InChI=1S/C18H18N8O/c1-12-6-4-8-15(10-12)26-23-16(20-24-26)13(2)27-18-22-21-17(25(18)3)14-7-5-9-19-11-14/h4-11,13H,1-3H3/t13-/m1/s1. The number of hydrogen-bond donors (Lipinski definition) is 0. The molecule has 0 saturated carbocycles. The first-order chi connectivity index (χ1) is 13.1. The van der Waals surface area contributed by atoms with Crippen molar-refractivity contribution in [3.63, 3.8) is 0 Å². The highest BCUT2D eigenvalue weighted by Gasteiger charge is 2.19. The first-order valence-electron chi connectivity index (χ1n) is 8.45. The molecule has 4 aromatic rings. The Morgan fingerprint density at radius 3 is 2.74 bits per heavy atom. The van der Waals surface area contributed by atoms with E-state index in [1.165, 1.54) is 4.80 Å². The zero-order valence-corrected chi connectivity index (χ0v) is 15.2. The fourth-order valence-electron chi connectivity index (χ4n) is 2.62. The molecule has 4 rings (SSSR count). The van der Waals surface area contributed by atoms with Crippen molar-refractivity contribution in [2.45, 2.75) is 20.0 Å². The van der Waals surface area contributed by atoms with Gasteiger partial charge < -0.3 is 4.74 Å². The molecule has 27 heavy (non-hydrogen) atoms. The first kappa shape index (κ1) is 16.8. The molecule has 1 atom stereocenters. The third-order valence-electron chi connectivity index (χ3n) is 4.06. The third-order valence-corrected chi connectivity index (χ3v) is 4.06. The number of pyridine rings is 1. The Balaban J connectivity index is 1.53. The van der Waals surface area contributed by atoms with E-state index < -0.39 is 6.10 Å². The molecule has 0 radical (unpaired) electrons. The van der Waals surface area contributed by atoms with Crippen LogP contribution >= 0.6 is 0 Å². The first-order valence-corrected chi connectivity index (χ1v) is 8.45. The number of aromatic nitrogens is 8. The van der Waals surface area contributed by atoms with Crippen LogP contribution in [0.4, 0.5) is 0 Å². The maximum atomic E-state index is 5.90. The summed E-state index contributed by atoms with van der Waals surface area (Å²) in [6.45, 7) is 3.86. The number of hydrogen-bond acceptors (Lipinski definition) is 7. The van der Waals surface area contributed by atoms with Crippen LogP contribution in [-0.2, 0) is 7.05 Å². The van der Waals surface area contributed by atoms with E-state index in [1.807, 2.05) is 57.3 Å². The summed E-state index contributed by atoms with van der Waals surface area (Å²) in [5.74, 6) is 1.13. The molecule has 3 aromatic heterocycles. The number of tetrazole rings is 1. The van der Waals surface area contributed by atoms with Crippen LogP contribution in [0.5, 0.6) is 6.01 Å². The molecule has 0 saturated heterocycles. The van der Waals surface area contributed by atoms with Gasteiger partial charge in [0.05, 0.1) is 5.69 Å². The van der Waals surface area contributed by atoms with E-state index >= 15 is 0 Å². The summed E-state index contributed by atoms with van der Waals surface area (Å²) in [4.78, 5) is 5.59. The summed E-state index contributed by atoms with van der Waals surface area (Å²) in [5, 5.41) is 20.9. The molecule has 0 fully saturated rings. The molecule has 3 heterocycles. The average Bonchev–Trinajstić information content (AvgIpc) is 3.31. The van der Waals surface area contributed by atoms with Crippen LogP contribution < -0.4 is 4.74 Å². The highest BCUT2D eigenvalue weighted by Crippen LogP contribution is 2.22. The van der Waals surface area contributed by atoms with Crippen molar-refractivity contribution in [3.8, 4) is 23.1 Å². The minimum absolute atomic E-state index is 0.369. The Morgan fingerprint density at radius 2 is 1.96 bits per heavy atom. The number of aryl methyl sites for hydroxylation is 1. The predicted molar refractivity (Wildman–Crippen MR) is 97.2 cm³/mol. The molecule has 0 spiro atoms. The molecule has 1 aromatic carbocycles. The summed E-state index contributed by atoms with van der Waals surface area (Å²) in [6.07, 6.45) is 3.00. The van der Waals surface area contributed by atoms with Gasteiger partial charge in [0.25, 0.3) is 0 Å². The molecule has 0 aliphatic rings. The average molecular weight is 362 g/mol. The molecule has 0 amide bonds. The number of nitrogens with zero attached hydrogens (tertiary/aromatic N) is 8. The van der Waals surface area contributed by atoms with Crippen LogP contribution in [-0.4, -0.2) is 40.0 Å². The van der Waals surface area contributed by atoms with Gasteiger partial charge in [-0.2, -0.15) is 0 Å². The SMILES string of the molecule is Cc1cccc(-n2nnc([C@@H](C)Oc3nnc(-c4cccnc4)n3C)n2)c1. The monoisotopic (exact) mass is 362 g/mol. The fourth-order valence-corrected chi connectivity index (χ4v) is 2.62. The van der Waals surface area contributed by atoms with Crippen molar-refractivity contribution in [2.75, 3.05) is 0 Å². The van der Waals surface area contributed by atoms with E-state index in [9.17, 15) is 0 Å². The largest absolute Gasteiger partial charge is 0.452 e. The van der Waals surface area contributed by atoms with E-state index in [0.717, 1.165) is 16.8 Å². The summed E-state index contributed by atoms with van der Waals surface area (Å²) >= 11 is 0. The third kappa shape index (κ3) is 3.39. The molecule has 0 bridgehead atoms. The molecule has 0 aliphatic heterocycles. The zero-order chi connectivity index (χ0) is 18.8. The van der Waals surface area contributed by atoms with Crippen LogP contribution in [0.2, 0.25) is 0 Å². The predicted octanol–water partition coefficient (Wildman–Crippen LogP) is 2.30. The number of ether oxygens (including phenoxy) is 1. The van der Waals surface area contributed by atoms with Gasteiger partial charge >= 0.3 is 6.01 Å². The van der Waals surface area contributed by atoms with Gasteiger partial charge in [0, 0.05) is 25.0 Å². The van der Waals surface area contributed by atoms with Crippen LogP contribution in [0.15, 0.2) is 48.8 Å². The molecule has 9 heteroatoms. The van der Waals surface area contributed by atoms with E-state index in [-0.39, 0.29) is 0 Å². The van der Waals surface area contributed by atoms with Crippen molar-refractivity contribution < 1.29 is 4.74 Å². The highest BCUT2D eigenvalue weighted by molar-refractivity contribution is 5.53. The molecule has 0 aliphatic carbocycles. The quantitative estimate of drug-likeness (QED) is 0.537. The Bertz CT molecular complexity index is 1060. The van der Waals surface area contributed by atoms with Gasteiger partial charge in [-0.1, -0.05) is 17.2 Å². The van der Waals surface area contributed by atoms with E-state index in [1.54, 1.807) is 17.0 Å². The Kier molecular flexibility index (Phi) is 4.33. The Labute approximate surface area is 155 Å². The minimum atomic E-state index is -0.437. The van der Waals surface area contributed by atoms with Crippen LogP contribution in [0.25, 0.3) is 17.1 Å².